The molecule has 0 aliphatic carbocycles. The Balaban J connectivity index is 1.61. The first-order valence-electron chi connectivity index (χ1n) is 9.59. The fraction of sp³-hybridized carbons (Fsp3) is 0.227. The van der Waals surface area contributed by atoms with Crippen molar-refractivity contribution in [3.8, 4) is 5.69 Å². The SMILES string of the molecule is Cc1ccc(NC(=O)CSc2nc3c(c(=O)n2-c2ccc(F)cc2)SC(C)C3)cc1Cl. The average molecular weight is 476 g/mol. The molecule has 0 spiro atoms. The first-order valence-corrected chi connectivity index (χ1v) is 11.8. The van der Waals surface area contributed by atoms with E-state index in [1.807, 2.05) is 19.9 Å². The quantitative estimate of drug-likeness (QED) is 0.411. The summed E-state index contributed by atoms with van der Waals surface area (Å²) in [6.45, 7) is 3.93. The fourth-order valence-electron chi connectivity index (χ4n) is 3.21. The van der Waals surface area contributed by atoms with Crippen molar-refractivity contribution in [3.05, 3.63) is 74.9 Å². The van der Waals surface area contributed by atoms with Gasteiger partial charge in [0.05, 0.1) is 22.0 Å². The molecule has 160 valence electrons. The number of aromatic nitrogens is 2. The zero-order chi connectivity index (χ0) is 22.1. The van der Waals surface area contributed by atoms with Crippen LogP contribution < -0.4 is 10.9 Å². The summed E-state index contributed by atoms with van der Waals surface area (Å²) in [4.78, 5) is 31.0. The molecule has 5 nitrogen and oxygen atoms in total. The summed E-state index contributed by atoms with van der Waals surface area (Å²) < 4.78 is 14.9. The second-order valence-electron chi connectivity index (χ2n) is 7.22. The number of nitrogens with zero attached hydrogens (tertiary/aromatic N) is 2. The Labute approximate surface area is 192 Å². The number of carbonyl (C=O) groups is 1. The molecule has 1 aliphatic rings. The van der Waals surface area contributed by atoms with Crippen LogP contribution in [0.3, 0.4) is 0 Å². The van der Waals surface area contributed by atoms with E-state index in [0.29, 0.717) is 32.9 Å². The Hall–Kier alpha value is -2.29. The molecular weight excluding hydrogens is 457 g/mol. The average Bonchev–Trinajstić information content (AvgIpc) is 3.11. The van der Waals surface area contributed by atoms with Crippen molar-refractivity contribution < 1.29 is 9.18 Å². The summed E-state index contributed by atoms with van der Waals surface area (Å²) in [5.74, 6) is -0.576. The number of fused-ring (bicyclic) bond motifs is 1. The highest BCUT2D eigenvalue weighted by Gasteiger charge is 2.27. The Bertz CT molecular complexity index is 1210. The molecule has 1 aliphatic heterocycles. The highest BCUT2D eigenvalue weighted by Crippen LogP contribution is 2.35. The Morgan fingerprint density at radius 3 is 2.77 bits per heavy atom. The van der Waals surface area contributed by atoms with Crippen LogP contribution in [0.5, 0.6) is 0 Å². The standard InChI is InChI=1S/C22H19ClFN3O2S2/c1-12-3-6-15(10-17(12)23)25-19(28)11-30-22-26-18-9-13(2)31-20(18)21(29)27(22)16-7-4-14(24)5-8-16/h3-8,10,13H,9,11H2,1-2H3,(H,25,28). The van der Waals surface area contributed by atoms with Crippen LogP contribution in [-0.2, 0) is 11.2 Å². The third-order valence-electron chi connectivity index (χ3n) is 4.75. The summed E-state index contributed by atoms with van der Waals surface area (Å²) >= 11 is 8.78. The molecule has 2 aromatic carbocycles. The number of hydrogen-bond donors (Lipinski definition) is 1. The predicted molar refractivity (Wildman–Crippen MR) is 124 cm³/mol. The number of anilines is 1. The van der Waals surface area contributed by atoms with Crippen LogP contribution in [0, 0.1) is 12.7 Å². The van der Waals surface area contributed by atoms with Gasteiger partial charge in [0, 0.05) is 22.4 Å². The molecule has 0 fully saturated rings. The van der Waals surface area contributed by atoms with Gasteiger partial charge in [-0.2, -0.15) is 0 Å². The van der Waals surface area contributed by atoms with Crippen molar-refractivity contribution in [1.82, 2.24) is 9.55 Å². The Morgan fingerprint density at radius 1 is 1.32 bits per heavy atom. The number of halogens is 2. The smallest absolute Gasteiger partial charge is 0.272 e. The second-order valence-corrected chi connectivity index (χ2v) is 10.0. The molecule has 9 heteroatoms. The summed E-state index contributed by atoms with van der Waals surface area (Å²) in [5, 5.41) is 4.04. The Morgan fingerprint density at radius 2 is 2.06 bits per heavy atom. The van der Waals surface area contributed by atoms with Crippen molar-refractivity contribution in [2.24, 2.45) is 0 Å². The van der Waals surface area contributed by atoms with Crippen LogP contribution in [-0.4, -0.2) is 26.5 Å². The minimum Gasteiger partial charge on any atom is -0.325 e. The van der Waals surface area contributed by atoms with Gasteiger partial charge < -0.3 is 5.32 Å². The summed E-state index contributed by atoms with van der Waals surface area (Å²) in [6.07, 6.45) is 0.696. The lowest BCUT2D eigenvalue weighted by atomic mass is 10.2. The molecule has 0 saturated carbocycles. The molecule has 31 heavy (non-hydrogen) atoms. The zero-order valence-electron chi connectivity index (χ0n) is 16.8. The third-order valence-corrected chi connectivity index (χ3v) is 7.31. The second kappa shape index (κ2) is 9.06. The molecule has 4 rings (SSSR count). The van der Waals surface area contributed by atoms with E-state index < -0.39 is 0 Å². The highest BCUT2D eigenvalue weighted by molar-refractivity contribution is 8.00. The minimum atomic E-state index is -0.390. The topological polar surface area (TPSA) is 64.0 Å². The number of carbonyl (C=O) groups excluding carboxylic acids is 1. The molecule has 0 bridgehead atoms. The van der Waals surface area contributed by atoms with Crippen molar-refractivity contribution in [2.75, 3.05) is 11.1 Å². The maximum atomic E-state index is 13.4. The van der Waals surface area contributed by atoms with Crippen LogP contribution in [0.15, 0.2) is 57.3 Å². The molecule has 0 radical (unpaired) electrons. The summed E-state index contributed by atoms with van der Waals surface area (Å²) in [6, 6.07) is 11.0. The number of nitrogens with one attached hydrogen (secondary N) is 1. The first kappa shape index (κ1) is 21.9. The molecule has 1 aromatic heterocycles. The minimum absolute atomic E-state index is 0.0562. The highest BCUT2D eigenvalue weighted by atomic mass is 35.5. The van der Waals surface area contributed by atoms with Gasteiger partial charge in [-0.25, -0.2) is 9.37 Å². The number of benzene rings is 2. The van der Waals surface area contributed by atoms with E-state index in [-0.39, 0.29) is 28.3 Å². The predicted octanol–water partition coefficient (Wildman–Crippen LogP) is 5.10. The van der Waals surface area contributed by atoms with E-state index in [1.165, 1.54) is 52.4 Å². The number of hydrogen-bond acceptors (Lipinski definition) is 5. The fourth-order valence-corrected chi connectivity index (χ4v) is 5.32. The molecule has 1 unspecified atom stereocenters. The molecule has 1 atom stereocenters. The number of amides is 1. The van der Waals surface area contributed by atoms with Crippen LogP contribution in [0.1, 0.15) is 18.2 Å². The molecule has 1 N–H and O–H groups in total. The Kier molecular flexibility index (Phi) is 6.41. The lowest BCUT2D eigenvalue weighted by molar-refractivity contribution is -0.113. The van der Waals surface area contributed by atoms with Gasteiger partial charge in [-0.15, -0.1) is 11.8 Å². The van der Waals surface area contributed by atoms with E-state index in [0.717, 1.165) is 11.3 Å². The van der Waals surface area contributed by atoms with Crippen molar-refractivity contribution in [3.63, 3.8) is 0 Å². The van der Waals surface area contributed by atoms with Crippen LogP contribution in [0.4, 0.5) is 10.1 Å². The van der Waals surface area contributed by atoms with Crippen LogP contribution in [0.2, 0.25) is 5.02 Å². The number of aryl methyl sites for hydroxylation is 1. The largest absolute Gasteiger partial charge is 0.325 e. The van der Waals surface area contributed by atoms with Gasteiger partial charge in [0.25, 0.3) is 5.56 Å². The van der Waals surface area contributed by atoms with E-state index in [4.69, 9.17) is 11.6 Å². The van der Waals surface area contributed by atoms with Gasteiger partial charge in [-0.1, -0.05) is 36.4 Å². The number of thioether (sulfide) groups is 2. The van der Waals surface area contributed by atoms with Gasteiger partial charge in [0.1, 0.15) is 5.82 Å². The van der Waals surface area contributed by atoms with Crippen molar-refractivity contribution in [1.29, 1.82) is 0 Å². The van der Waals surface area contributed by atoms with Crippen LogP contribution in [0.25, 0.3) is 5.69 Å². The van der Waals surface area contributed by atoms with E-state index in [1.54, 1.807) is 12.1 Å². The third kappa shape index (κ3) is 4.81. The molecule has 2 heterocycles. The summed E-state index contributed by atoms with van der Waals surface area (Å²) in [7, 11) is 0. The monoisotopic (exact) mass is 475 g/mol. The zero-order valence-corrected chi connectivity index (χ0v) is 19.2. The van der Waals surface area contributed by atoms with Gasteiger partial charge >= 0.3 is 0 Å². The molecular formula is C22H19ClFN3O2S2. The molecule has 0 saturated heterocycles. The van der Waals surface area contributed by atoms with E-state index in [9.17, 15) is 14.0 Å². The molecule has 1 amide bonds. The van der Waals surface area contributed by atoms with Crippen molar-refractivity contribution in [2.45, 2.75) is 35.6 Å². The number of rotatable bonds is 5. The maximum Gasteiger partial charge on any atom is 0.272 e. The first-order chi connectivity index (χ1) is 14.8. The van der Waals surface area contributed by atoms with Crippen LogP contribution >= 0.6 is 35.1 Å². The van der Waals surface area contributed by atoms with E-state index in [2.05, 4.69) is 10.3 Å². The molecule has 3 aromatic rings. The van der Waals surface area contributed by atoms with E-state index >= 15 is 0 Å². The lowest BCUT2D eigenvalue weighted by Crippen LogP contribution is -2.24. The maximum absolute atomic E-state index is 13.4. The van der Waals surface area contributed by atoms with Gasteiger partial charge in [0.2, 0.25) is 5.91 Å². The van der Waals surface area contributed by atoms with Gasteiger partial charge in [0.15, 0.2) is 5.16 Å². The lowest BCUT2D eigenvalue weighted by Gasteiger charge is -2.14. The van der Waals surface area contributed by atoms with Crippen molar-refractivity contribution >= 4 is 46.7 Å². The van der Waals surface area contributed by atoms with Gasteiger partial charge in [-0.05, 0) is 48.9 Å². The van der Waals surface area contributed by atoms with Gasteiger partial charge in [-0.3, -0.25) is 14.2 Å². The normalized spacial score (nSPS) is 15.0. The summed E-state index contributed by atoms with van der Waals surface area (Å²) in [5.41, 5.74) is 2.58.